The number of sulfone groups is 1. The number of rotatable bonds is 6. The summed E-state index contributed by atoms with van der Waals surface area (Å²) >= 11 is 0. The first-order chi connectivity index (χ1) is 10.3. The maximum absolute atomic E-state index is 12.1. The highest BCUT2D eigenvalue weighted by atomic mass is 32.2. The average Bonchev–Trinajstić information content (AvgIpc) is 2.42. The molecule has 0 spiro atoms. The molecule has 22 heavy (non-hydrogen) atoms. The van der Waals surface area contributed by atoms with E-state index in [2.05, 4.69) is 4.98 Å². The highest BCUT2D eigenvalue weighted by Gasteiger charge is 2.14. The molecule has 0 N–H and O–H groups in total. The number of fused-ring (bicyclic) bond motifs is 1. The smallest absolute Gasteiger partial charge is 0.258 e. The van der Waals surface area contributed by atoms with Crippen LogP contribution in [0.1, 0.15) is 19.5 Å². The van der Waals surface area contributed by atoms with Crippen molar-refractivity contribution in [3.8, 4) is 0 Å². The fourth-order valence-corrected chi connectivity index (χ4v) is 2.76. The predicted octanol–water partition coefficient (Wildman–Crippen LogP) is 0.950. The molecule has 0 radical (unpaired) electrons. The van der Waals surface area contributed by atoms with E-state index in [1.54, 1.807) is 18.3 Å². The molecule has 0 aliphatic heterocycles. The van der Waals surface area contributed by atoms with Crippen LogP contribution in [0.4, 0.5) is 0 Å². The Labute approximate surface area is 130 Å². The van der Waals surface area contributed by atoms with Gasteiger partial charge in [0.2, 0.25) is 0 Å². The minimum atomic E-state index is -3.02. The molecule has 2 aromatic heterocycles. The van der Waals surface area contributed by atoms with Crippen LogP contribution in [-0.4, -0.2) is 47.3 Å². The van der Waals surface area contributed by atoms with Gasteiger partial charge < -0.3 is 0 Å². The maximum atomic E-state index is 12.1. The fourth-order valence-electron chi connectivity index (χ4n) is 2.20. The molecule has 0 aliphatic rings. The zero-order valence-corrected chi connectivity index (χ0v) is 13.9. The van der Waals surface area contributed by atoms with Crippen molar-refractivity contribution in [3.05, 3.63) is 46.5 Å². The van der Waals surface area contributed by atoms with Crippen LogP contribution in [0.2, 0.25) is 0 Å². The minimum Gasteiger partial charge on any atom is -0.294 e. The zero-order valence-electron chi connectivity index (χ0n) is 13.1. The maximum Gasteiger partial charge on any atom is 0.258 e. The summed E-state index contributed by atoms with van der Waals surface area (Å²) in [5.74, 6) is 0.0950. The first kappa shape index (κ1) is 16.6. The second kappa shape index (κ2) is 6.58. The van der Waals surface area contributed by atoms with Crippen molar-refractivity contribution in [1.82, 2.24) is 14.3 Å². The molecule has 2 aromatic rings. The fraction of sp³-hybridized carbons (Fsp3) is 0.467. The van der Waals surface area contributed by atoms with Gasteiger partial charge in [0.25, 0.3) is 5.56 Å². The van der Waals surface area contributed by atoms with Gasteiger partial charge in [0, 0.05) is 37.7 Å². The number of pyridine rings is 1. The largest absolute Gasteiger partial charge is 0.294 e. The monoisotopic (exact) mass is 323 g/mol. The van der Waals surface area contributed by atoms with Crippen LogP contribution in [0.15, 0.2) is 35.3 Å². The van der Waals surface area contributed by atoms with Crippen LogP contribution in [0, 0.1) is 0 Å². The second-order valence-electron chi connectivity index (χ2n) is 5.71. The standard InChI is InChI=1S/C15H21N3O3S/c1-12(2)17(8-9-22(3,20)21)11-13-10-15(19)18-7-5-4-6-14(18)16-13/h4-7,10,12H,8-9,11H2,1-3H3. The third-order valence-electron chi connectivity index (χ3n) is 3.47. The van der Waals surface area contributed by atoms with Gasteiger partial charge in [0.05, 0.1) is 11.4 Å². The van der Waals surface area contributed by atoms with Crippen molar-refractivity contribution in [3.63, 3.8) is 0 Å². The summed E-state index contributed by atoms with van der Waals surface area (Å²) < 4.78 is 24.2. The minimum absolute atomic E-state index is 0.0950. The van der Waals surface area contributed by atoms with Crippen LogP contribution in [0.25, 0.3) is 5.65 Å². The van der Waals surface area contributed by atoms with Gasteiger partial charge in [0.15, 0.2) is 0 Å². The van der Waals surface area contributed by atoms with Crippen molar-refractivity contribution >= 4 is 15.5 Å². The van der Waals surface area contributed by atoms with Crippen LogP contribution in [0.5, 0.6) is 0 Å². The van der Waals surface area contributed by atoms with Gasteiger partial charge in [-0.25, -0.2) is 13.4 Å². The van der Waals surface area contributed by atoms with Crippen LogP contribution < -0.4 is 5.56 Å². The van der Waals surface area contributed by atoms with Gasteiger partial charge >= 0.3 is 0 Å². The second-order valence-corrected chi connectivity index (χ2v) is 7.97. The van der Waals surface area contributed by atoms with Crippen molar-refractivity contribution in [2.75, 3.05) is 18.6 Å². The van der Waals surface area contributed by atoms with E-state index in [4.69, 9.17) is 0 Å². The molecule has 0 saturated heterocycles. The SMILES string of the molecule is CC(C)N(CCS(C)(=O)=O)Cc1cc(=O)n2ccccc2n1. The van der Waals surface area contributed by atoms with Gasteiger partial charge in [-0.2, -0.15) is 0 Å². The number of nitrogens with zero attached hydrogens (tertiary/aromatic N) is 3. The van der Waals surface area contributed by atoms with Crippen LogP contribution >= 0.6 is 0 Å². The van der Waals surface area contributed by atoms with Crippen molar-refractivity contribution < 1.29 is 8.42 Å². The van der Waals surface area contributed by atoms with E-state index in [0.29, 0.717) is 24.4 Å². The highest BCUT2D eigenvalue weighted by Crippen LogP contribution is 2.07. The molecule has 0 amide bonds. The number of hydrogen-bond acceptors (Lipinski definition) is 5. The molecule has 0 fully saturated rings. The van der Waals surface area contributed by atoms with E-state index in [9.17, 15) is 13.2 Å². The van der Waals surface area contributed by atoms with E-state index < -0.39 is 9.84 Å². The molecule has 0 saturated carbocycles. The van der Waals surface area contributed by atoms with E-state index >= 15 is 0 Å². The average molecular weight is 323 g/mol. The van der Waals surface area contributed by atoms with Crippen molar-refractivity contribution in [1.29, 1.82) is 0 Å². The lowest BCUT2D eigenvalue weighted by Crippen LogP contribution is -2.35. The molecule has 0 unspecified atom stereocenters. The van der Waals surface area contributed by atoms with Crippen LogP contribution in [0.3, 0.4) is 0 Å². The summed E-state index contributed by atoms with van der Waals surface area (Å²) in [5, 5.41) is 0. The first-order valence-corrected chi connectivity index (χ1v) is 9.21. The van der Waals surface area contributed by atoms with Gasteiger partial charge in [-0.3, -0.25) is 14.1 Å². The Morgan fingerprint density at radius 3 is 2.68 bits per heavy atom. The Morgan fingerprint density at radius 1 is 1.32 bits per heavy atom. The third-order valence-corrected chi connectivity index (χ3v) is 4.39. The molecule has 120 valence electrons. The van der Waals surface area contributed by atoms with Crippen molar-refractivity contribution in [2.24, 2.45) is 0 Å². The lowest BCUT2D eigenvalue weighted by molar-refractivity contribution is 0.223. The predicted molar refractivity (Wildman–Crippen MR) is 86.7 cm³/mol. The molecule has 7 heteroatoms. The Hall–Kier alpha value is -1.73. The van der Waals surface area contributed by atoms with Gasteiger partial charge in [0.1, 0.15) is 15.5 Å². The molecule has 6 nitrogen and oxygen atoms in total. The first-order valence-electron chi connectivity index (χ1n) is 7.15. The van der Waals surface area contributed by atoms with E-state index in [-0.39, 0.29) is 17.4 Å². The Balaban J connectivity index is 2.25. The molecule has 0 aromatic carbocycles. The van der Waals surface area contributed by atoms with E-state index in [0.717, 1.165) is 0 Å². The summed E-state index contributed by atoms with van der Waals surface area (Å²) in [6.07, 6.45) is 2.91. The number of aromatic nitrogens is 2. The van der Waals surface area contributed by atoms with E-state index in [1.165, 1.54) is 16.7 Å². The van der Waals surface area contributed by atoms with Gasteiger partial charge in [-0.05, 0) is 26.0 Å². The summed E-state index contributed by atoms with van der Waals surface area (Å²) in [5.41, 5.74) is 1.11. The normalized spacial score (nSPS) is 12.4. The topological polar surface area (TPSA) is 71.8 Å². The molecule has 2 heterocycles. The zero-order chi connectivity index (χ0) is 16.3. The van der Waals surface area contributed by atoms with Gasteiger partial charge in [-0.1, -0.05) is 6.07 Å². The summed E-state index contributed by atoms with van der Waals surface area (Å²) in [6, 6.07) is 7.06. The Bertz CT molecular complexity index is 812. The molecule has 2 rings (SSSR count). The molecular formula is C15H21N3O3S. The summed E-state index contributed by atoms with van der Waals surface area (Å²) in [6.45, 7) is 4.87. The molecule has 0 bridgehead atoms. The van der Waals surface area contributed by atoms with Crippen LogP contribution in [-0.2, 0) is 16.4 Å². The van der Waals surface area contributed by atoms with E-state index in [1.807, 2.05) is 24.8 Å². The lowest BCUT2D eigenvalue weighted by Gasteiger charge is -2.25. The molecular weight excluding hydrogens is 302 g/mol. The Morgan fingerprint density at radius 2 is 2.05 bits per heavy atom. The third kappa shape index (κ3) is 4.38. The quantitative estimate of drug-likeness (QED) is 0.791. The molecule has 0 atom stereocenters. The highest BCUT2D eigenvalue weighted by molar-refractivity contribution is 7.90. The summed E-state index contributed by atoms with van der Waals surface area (Å²) in [4.78, 5) is 18.6. The van der Waals surface area contributed by atoms with Gasteiger partial charge in [-0.15, -0.1) is 0 Å². The number of hydrogen-bond donors (Lipinski definition) is 0. The lowest BCUT2D eigenvalue weighted by atomic mass is 10.2. The summed E-state index contributed by atoms with van der Waals surface area (Å²) in [7, 11) is -3.02. The van der Waals surface area contributed by atoms with Crippen molar-refractivity contribution in [2.45, 2.75) is 26.4 Å². The molecule has 0 aliphatic carbocycles. The Kier molecular flexibility index (Phi) is 4.97.